The van der Waals surface area contributed by atoms with Gasteiger partial charge >= 0.3 is 0 Å². The lowest BCUT2D eigenvalue weighted by Gasteiger charge is -2.28. The molecule has 3 aliphatic heterocycles. The molecule has 3 fully saturated rings. The van der Waals surface area contributed by atoms with Gasteiger partial charge in [0, 0.05) is 39.3 Å². The summed E-state index contributed by atoms with van der Waals surface area (Å²) in [5, 5.41) is 0. The van der Waals surface area contributed by atoms with Gasteiger partial charge in [-0.15, -0.1) is 0 Å². The third-order valence-corrected chi connectivity index (χ3v) is 12.5. The fraction of sp³-hybridized carbons (Fsp3) is 0.500. The molecule has 0 unspecified atom stereocenters. The molecule has 0 bridgehead atoms. The predicted molar refractivity (Wildman–Crippen MR) is 142 cm³/mol. The van der Waals surface area contributed by atoms with E-state index in [1.165, 1.54) is 49.3 Å². The average Bonchev–Trinajstić information content (AvgIpc) is 2.99. The van der Waals surface area contributed by atoms with Crippen LogP contribution in [0.15, 0.2) is 57.2 Å². The highest BCUT2D eigenvalue weighted by molar-refractivity contribution is 7.90. The Bertz CT molecular complexity index is 1510. The molecule has 3 aliphatic rings. The number of morpholine rings is 3. The van der Waals surface area contributed by atoms with E-state index in [9.17, 15) is 25.3 Å². The summed E-state index contributed by atoms with van der Waals surface area (Å²) in [4.78, 5) is -0.427. The maximum absolute atomic E-state index is 13.7. The van der Waals surface area contributed by atoms with Crippen LogP contribution in [0.3, 0.4) is 0 Å². The van der Waals surface area contributed by atoms with Gasteiger partial charge in [0.25, 0.3) is 0 Å². The molecule has 2 aromatic carbocycles. The minimum atomic E-state index is -4.17. The first-order chi connectivity index (χ1) is 19.1. The van der Waals surface area contributed by atoms with Gasteiger partial charge in [-0.05, 0) is 42.5 Å². The predicted octanol–water partition coefficient (Wildman–Crippen LogP) is 0.542. The van der Waals surface area contributed by atoms with E-state index < -0.39 is 30.1 Å². The van der Waals surface area contributed by atoms with Crippen molar-refractivity contribution in [1.82, 2.24) is 12.9 Å². The molecular weight excluding hydrogens is 586 g/mol. The van der Waals surface area contributed by atoms with Crippen molar-refractivity contribution in [1.29, 1.82) is 0 Å². The lowest BCUT2D eigenvalue weighted by molar-refractivity contribution is 0.0728. The van der Waals surface area contributed by atoms with Crippen molar-refractivity contribution in [3.63, 3.8) is 0 Å². The Balaban J connectivity index is 1.47. The van der Waals surface area contributed by atoms with Crippen LogP contribution in [0, 0.1) is 0 Å². The Morgan fingerprint density at radius 1 is 0.525 bits per heavy atom. The molecule has 0 radical (unpaired) electrons. The third-order valence-electron chi connectivity index (χ3n) is 6.77. The molecule has 3 heterocycles. The number of rotatable bonds is 8. The second-order valence-electron chi connectivity index (χ2n) is 9.23. The number of sulfonamides is 3. The van der Waals surface area contributed by atoms with Gasteiger partial charge < -0.3 is 18.9 Å². The quantitative estimate of drug-likeness (QED) is 0.411. The van der Waals surface area contributed by atoms with Gasteiger partial charge in [0.1, 0.15) is 16.4 Å². The Morgan fingerprint density at radius 3 is 1.40 bits per heavy atom. The highest BCUT2D eigenvalue weighted by Gasteiger charge is 2.33. The van der Waals surface area contributed by atoms with Gasteiger partial charge in [0.2, 0.25) is 30.1 Å². The summed E-state index contributed by atoms with van der Waals surface area (Å²) in [6.07, 6.45) is 0. The SMILES string of the molecule is O=S(=O)(c1ccc(Oc2ccc(S(=O)(=O)N3CCOCC3)cc2S(=O)(=O)N2CCOCC2)cc1)N1CCOCC1. The van der Waals surface area contributed by atoms with Crippen molar-refractivity contribution in [2.75, 3.05) is 78.9 Å². The largest absolute Gasteiger partial charge is 0.456 e. The molecular formula is C24H31N3O10S3. The maximum atomic E-state index is 13.7. The van der Waals surface area contributed by atoms with Crippen LogP contribution in [0.1, 0.15) is 0 Å². The fourth-order valence-electron chi connectivity index (χ4n) is 4.54. The van der Waals surface area contributed by atoms with Crippen LogP contribution in [0.25, 0.3) is 0 Å². The molecule has 0 amide bonds. The molecule has 0 N–H and O–H groups in total. The second kappa shape index (κ2) is 12.0. The molecule has 13 nitrogen and oxygen atoms in total. The van der Waals surface area contributed by atoms with Crippen LogP contribution in [-0.4, -0.2) is 117 Å². The van der Waals surface area contributed by atoms with Crippen LogP contribution >= 0.6 is 0 Å². The van der Waals surface area contributed by atoms with E-state index in [4.69, 9.17) is 18.9 Å². The first kappa shape index (κ1) is 29.3. The van der Waals surface area contributed by atoms with Gasteiger partial charge in [0.15, 0.2) is 0 Å². The number of hydrogen-bond acceptors (Lipinski definition) is 10. The minimum absolute atomic E-state index is 0.0647. The normalized spacial score (nSPS) is 20.8. The Labute approximate surface area is 234 Å². The molecule has 2 aromatic rings. The first-order valence-corrected chi connectivity index (χ1v) is 17.1. The molecule has 16 heteroatoms. The fourth-order valence-corrected chi connectivity index (χ4v) is 9.00. The maximum Gasteiger partial charge on any atom is 0.246 e. The molecule has 0 aromatic heterocycles. The lowest BCUT2D eigenvalue weighted by Crippen LogP contribution is -2.41. The monoisotopic (exact) mass is 617 g/mol. The summed E-state index contributed by atoms with van der Waals surface area (Å²) < 4.78 is 105. The number of nitrogens with zero attached hydrogens (tertiary/aromatic N) is 3. The van der Waals surface area contributed by atoms with Crippen molar-refractivity contribution in [2.45, 2.75) is 14.7 Å². The Kier molecular flexibility index (Phi) is 8.80. The molecule has 0 saturated carbocycles. The minimum Gasteiger partial charge on any atom is -0.456 e. The molecule has 0 atom stereocenters. The van der Waals surface area contributed by atoms with Crippen molar-refractivity contribution in [3.8, 4) is 11.5 Å². The summed E-state index contributed by atoms with van der Waals surface area (Å²) in [6, 6.07) is 9.34. The van der Waals surface area contributed by atoms with Crippen molar-refractivity contribution < 1.29 is 44.2 Å². The van der Waals surface area contributed by atoms with E-state index in [1.54, 1.807) is 0 Å². The highest BCUT2D eigenvalue weighted by Crippen LogP contribution is 2.35. The van der Waals surface area contributed by atoms with Crippen molar-refractivity contribution >= 4 is 30.1 Å². The van der Waals surface area contributed by atoms with Crippen molar-refractivity contribution in [2.24, 2.45) is 0 Å². The standard InChI is InChI=1S/C24H31N3O10S3/c28-38(29,25-7-13-34-14-8-25)21-3-1-20(2-4-21)37-23-6-5-22(39(30,31)26-9-15-35-16-10-26)19-24(23)40(32,33)27-11-17-36-18-12-27/h1-6,19H,7-18H2. The van der Waals surface area contributed by atoms with E-state index in [0.717, 1.165) is 6.07 Å². The van der Waals surface area contributed by atoms with E-state index in [-0.39, 0.29) is 91.9 Å². The van der Waals surface area contributed by atoms with Crippen LogP contribution in [0.2, 0.25) is 0 Å². The molecule has 220 valence electrons. The molecule has 0 aliphatic carbocycles. The Morgan fingerprint density at radius 2 is 0.925 bits per heavy atom. The van der Waals surface area contributed by atoms with E-state index in [2.05, 4.69) is 0 Å². The summed E-state index contributed by atoms with van der Waals surface area (Å²) >= 11 is 0. The van der Waals surface area contributed by atoms with Crippen LogP contribution < -0.4 is 4.74 Å². The van der Waals surface area contributed by atoms with Crippen molar-refractivity contribution in [3.05, 3.63) is 42.5 Å². The van der Waals surface area contributed by atoms with Gasteiger partial charge in [-0.2, -0.15) is 12.9 Å². The van der Waals surface area contributed by atoms with E-state index in [0.29, 0.717) is 13.2 Å². The molecule has 40 heavy (non-hydrogen) atoms. The number of hydrogen-bond donors (Lipinski definition) is 0. The van der Waals surface area contributed by atoms with Gasteiger partial charge in [-0.3, -0.25) is 0 Å². The lowest BCUT2D eigenvalue weighted by atomic mass is 10.3. The topological polar surface area (TPSA) is 149 Å². The molecule has 3 saturated heterocycles. The van der Waals surface area contributed by atoms with E-state index >= 15 is 0 Å². The number of benzene rings is 2. The summed E-state index contributed by atoms with van der Waals surface area (Å²) in [7, 11) is -11.9. The summed E-state index contributed by atoms with van der Waals surface area (Å²) in [5.41, 5.74) is 0. The first-order valence-electron chi connectivity index (χ1n) is 12.8. The van der Waals surface area contributed by atoms with Gasteiger partial charge in [-0.25, -0.2) is 25.3 Å². The summed E-state index contributed by atoms with van der Waals surface area (Å²) in [6.45, 7) is 2.58. The Hall–Kier alpha value is -2.15. The summed E-state index contributed by atoms with van der Waals surface area (Å²) in [5.74, 6) is 0.0966. The molecule has 0 spiro atoms. The van der Waals surface area contributed by atoms with Crippen LogP contribution in [-0.2, 0) is 44.3 Å². The third kappa shape index (κ3) is 6.05. The molecule has 5 rings (SSSR count). The highest BCUT2D eigenvalue weighted by atomic mass is 32.2. The number of ether oxygens (including phenoxy) is 4. The average molecular weight is 618 g/mol. The van der Waals surface area contributed by atoms with Crippen LogP contribution in [0.5, 0.6) is 11.5 Å². The smallest absolute Gasteiger partial charge is 0.246 e. The van der Waals surface area contributed by atoms with Crippen LogP contribution in [0.4, 0.5) is 0 Å². The second-order valence-corrected chi connectivity index (χ2v) is 15.0. The van der Waals surface area contributed by atoms with Gasteiger partial charge in [-0.1, -0.05) is 0 Å². The van der Waals surface area contributed by atoms with Gasteiger partial charge in [0.05, 0.1) is 49.4 Å². The van der Waals surface area contributed by atoms with E-state index in [1.807, 2.05) is 0 Å². The zero-order chi connectivity index (χ0) is 28.4. The zero-order valence-corrected chi connectivity index (χ0v) is 24.1. The zero-order valence-electron chi connectivity index (χ0n) is 21.7.